The quantitative estimate of drug-likeness (QED) is 0.607. The average molecular weight is 257 g/mol. The Morgan fingerprint density at radius 2 is 1.78 bits per heavy atom. The minimum atomic E-state index is -0.180. The lowest BCUT2D eigenvalue weighted by Crippen LogP contribution is -2.50. The summed E-state index contributed by atoms with van der Waals surface area (Å²) in [4.78, 5) is 28.8. The monoisotopic (exact) mass is 257 g/mol. The third kappa shape index (κ3) is 5.01. The molecule has 0 aromatic rings. The van der Waals surface area contributed by atoms with Gasteiger partial charge in [0.15, 0.2) is 0 Å². The Balaban J connectivity index is 2.24. The van der Waals surface area contributed by atoms with Crippen LogP contribution in [-0.4, -0.2) is 87.0 Å². The van der Waals surface area contributed by atoms with Crippen molar-refractivity contribution in [1.82, 2.24) is 14.7 Å². The smallest absolute Gasteiger partial charge is 0.306 e. The van der Waals surface area contributed by atoms with Crippen LogP contribution in [0.3, 0.4) is 0 Å². The summed E-state index contributed by atoms with van der Waals surface area (Å²) in [6.07, 6.45) is 0.419. The fraction of sp³-hybridized carbons (Fsp3) is 0.833. The fourth-order valence-electron chi connectivity index (χ4n) is 1.94. The molecule has 6 nitrogen and oxygen atoms in total. The van der Waals surface area contributed by atoms with Gasteiger partial charge in [0.1, 0.15) is 0 Å². The number of ether oxygens (including phenoxy) is 1. The molecule has 0 unspecified atom stereocenters. The molecule has 0 aromatic heterocycles. The van der Waals surface area contributed by atoms with Gasteiger partial charge >= 0.3 is 5.97 Å². The molecule has 1 amide bonds. The third-order valence-corrected chi connectivity index (χ3v) is 3.04. The summed E-state index contributed by atoms with van der Waals surface area (Å²) in [6, 6.07) is 0. The zero-order valence-corrected chi connectivity index (χ0v) is 11.5. The van der Waals surface area contributed by atoms with Gasteiger partial charge in [0.05, 0.1) is 20.1 Å². The summed E-state index contributed by atoms with van der Waals surface area (Å²) in [5, 5.41) is 0. The van der Waals surface area contributed by atoms with Crippen molar-refractivity contribution in [2.45, 2.75) is 6.42 Å². The molecule has 0 atom stereocenters. The highest BCUT2D eigenvalue weighted by atomic mass is 16.5. The Hall–Kier alpha value is -1.14. The predicted octanol–water partition coefficient (Wildman–Crippen LogP) is -0.745. The van der Waals surface area contributed by atoms with Gasteiger partial charge in [-0.2, -0.15) is 0 Å². The lowest BCUT2D eigenvalue weighted by Gasteiger charge is -2.35. The Kier molecular flexibility index (Phi) is 6.07. The lowest BCUT2D eigenvalue weighted by molar-refractivity contribution is -0.141. The molecule has 1 fully saturated rings. The SMILES string of the molecule is COC(=O)CCN1CCN(C(=O)CN(C)C)CC1. The van der Waals surface area contributed by atoms with Crippen molar-refractivity contribution in [2.24, 2.45) is 0 Å². The van der Waals surface area contributed by atoms with E-state index in [-0.39, 0.29) is 11.9 Å². The second-order valence-corrected chi connectivity index (χ2v) is 4.79. The van der Waals surface area contributed by atoms with E-state index in [1.165, 1.54) is 7.11 Å². The van der Waals surface area contributed by atoms with E-state index in [0.29, 0.717) is 19.5 Å². The van der Waals surface area contributed by atoms with E-state index >= 15 is 0 Å². The van der Waals surface area contributed by atoms with Crippen LogP contribution in [0.25, 0.3) is 0 Å². The molecule has 18 heavy (non-hydrogen) atoms. The molecule has 0 spiro atoms. The predicted molar refractivity (Wildman–Crippen MR) is 68.2 cm³/mol. The van der Waals surface area contributed by atoms with Crippen molar-refractivity contribution in [1.29, 1.82) is 0 Å². The van der Waals surface area contributed by atoms with Crippen molar-refractivity contribution in [3.63, 3.8) is 0 Å². The molecule has 0 N–H and O–H groups in total. The minimum absolute atomic E-state index is 0.174. The van der Waals surface area contributed by atoms with E-state index < -0.39 is 0 Å². The normalized spacial score (nSPS) is 17.0. The molecule has 0 saturated carbocycles. The van der Waals surface area contributed by atoms with Gasteiger partial charge in [-0.3, -0.25) is 14.5 Å². The van der Waals surface area contributed by atoms with Crippen molar-refractivity contribution in [3.8, 4) is 0 Å². The summed E-state index contributed by atoms with van der Waals surface area (Å²) in [6.45, 7) is 4.32. The summed E-state index contributed by atoms with van der Waals surface area (Å²) < 4.78 is 4.61. The maximum atomic E-state index is 11.8. The van der Waals surface area contributed by atoms with E-state index in [1.807, 2.05) is 23.9 Å². The Labute approximate surface area is 108 Å². The van der Waals surface area contributed by atoms with Crippen LogP contribution in [0.2, 0.25) is 0 Å². The molecule has 1 heterocycles. The second kappa shape index (κ2) is 7.33. The maximum absolute atomic E-state index is 11.8. The standard InChI is InChI=1S/C12H23N3O3/c1-13(2)10-11(16)15-8-6-14(7-9-15)5-4-12(17)18-3/h4-10H2,1-3H3. The van der Waals surface area contributed by atoms with Crippen LogP contribution in [0.1, 0.15) is 6.42 Å². The van der Waals surface area contributed by atoms with Gasteiger partial charge in [0.2, 0.25) is 5.91 Å². The zero-order chi connectivity index (χ0) is 13.5. The van der Waals surface area contributed by atoms with Gasteiger partial charge in [-0.1, -0.05) is 0 Å². The number of hydrogen-bond donors (Lipinski definition) is 0. The summed E-state index contributed by atoms with van der Waals surface area (Å²) in [5.41, 5.74) is 0. The fourth-order valence-corrected chi connectivity index (χ4v) is 1.94. The highest BCUT2D eigenvalue weighted by molar-refractivity contribution is 5.78. The average Bonchev–Trinajstić information content (AvgIpc) is 2.35. The van der Waals surface area contributed by atoms with E-state index in [2.05, 4.69) is 9.64 Å². The number of methoxy groups -OCH3 is 1. The number of likely N-dealkylation sites (N-methyl/N-ethyl adjacent to an activating group) is 1. The molecule has 104 valence electrons. The van der Waals surface area contributed by atoms with Crippen molar-refractivity contribution in [2.75, 3.05) is 60.5 Å². The number of amides is 1. The van der Waals surface area contributed by atoms with Gasteiger partial charge < -0.3 is 14.5 Å². The minimum Gasteiger partial charge on any atom is -0.469 e. The summed E-state index contributed by atoms with van der Waals surface area (Å²) >= 11 is 0. The molecule has 0 bridgehead atoms. The van der Waals surface area contributed by atoms with Crippen LogP contribution in [0.15, 0.2) is 0 Å². The van der Waals surface area contributed by atoms with Crippen molar-refractivity contribution < 1.29 is 14.3 Å². The highest BCUT2D eigenvalue weighted by Crippen LogP contribution is 2.03. The van der Waals surface area contributed by atoms with Crippen LogP contribution < -0.4 is 0 Å². The molecule has 1 saturated heterocycles. The van der Waals surface area contributed by atoms with Gasteiger partial charge in [-0.15, -0.1) is 0 Å². The van der Waals surface area contributed by atoms with Crippen LogP contribution in [0.4, 0.5) is 0 Å². The molecule has 1 aliphatic heterocycles. The number of hydrogen-bond acceptors (Lipinski definition) is 5. The molecular weight excluding hydrogens is 234 g/mol. The van der Waals surface area contributed by atoms with E-state index in [1.54, 1.807) is 0 Å². The summed E-state index contributed by atoms with van der Waals surface area (Å²) in [7, 11) is 5.19. The van der Waals surface area contributed by atoms with Gasteiger partial charge in [-0.05, 0) is 14.1 Å². The first-order chi connectivity index (χ1) is 8.52. The molecular formula is C12H23N3O3. The van der Waals surface area contributed by atoms with Gasteiger partial charge in [0, 0.05) is 32.7 Å². The topological polar surface area (TPSA) is 53.1 Å². The van der Waals surface area contributed by atoms with E-state index in [0.717, 1.165) is 26.2 Å². The van der Waals surface area contributed by atoms with Gasteiger partial charge in [-0.25, -0.2) is 0 Å². The summed E-state index contributed by atoms with van der Waals surface area (Å²) in [5.74, 6) is -0.00580. The number of nitrogens with zero attached hydrogens (tertiary/aromatic N) is 3. The first kappa shape index (κ1) is 14.9. The third-order valence-electron chi connectivity index (χ3n) is 3.04. The van der Waals surface area contributed by atoms with E-state index in [9.17, 15) is 9.59 Å². The Bertz CT molecular complexity index is 286. The highest BCUT2D eigenvalue weighted by Gasteiger charge is 2.21. The lowest BCUT2D eigenvalue weighted by atomic mass is 10.3. The molecule has 6 heteroatoms. The molecule has 0 aromatic carbocycles. The zero-order valence-electron chi connectivity index (χ0n) is 11.5. The van der Waals surface area contributed by atoms with Crippen LogP contribution in [0, 0.1) is 0 Å². The second-order valence-electron chi connectivity index (χ2n) is 4.79. The molecule has 1 rings (SSSR count). The van der Waals surface area contributed by atoms with Crippen molar-refractivity contribution in [3.05, 3.63) is 0 Å². The first-order valence-corrected chi connectivity index (χ1v) is 6.24. The Morgan fingerprint density at radius 1 is 1.17 bits per heavy atom. The number of rotatable bonds is 5. The maximum Gasteiger partial charge on any atom is 0.306 e. The molecule has 1 aliphatic rings. The first-order valence-electron chi connectivity index (χ1n) is 6.24. The molecule has 0 radical (unpaired) electrons. The number of piperazine rings is 1. The van der Waals surface area contributed by atoms with E-state index in [4.69, 9.17) is 0 Å². The van der Waals surface area contributed by atoms with Gasteiger partial charge in [0.25, 0.3) is 0 Å². The number of carbonyl (C=O) groups excluding carboxylic acids is 2. The van der Waals surface area contributed by atoms with Crippen LogP contribution in [-0.2, 0) is 14.3 Å². The van der Waals surface area contributed by atoms with Crippen molar-refractivity contribution >= 4 is 11.9 Å². The molecule has 0 aliphatic carbocycles. The number of esters is 1. The largest absolute Gasteiger partial charge is 0.469 e. The Morgan fingerprint density at radius 3 is 2.28 bits per heavy atom. The number of carbonyl (C=O) groups is 2. The van der Waals surface area contributed by atoms with Crippen LogP contribution in [0.5, 0.6) is 0 Å². The van der Waals surface area contributed by atoms with Crippen LogP contribution >= 0.6 is 0 Å².